The number of aryl methyl sites for hydroxylation is 1. The van der Waals surface area contributed by atoms with Crippen LogP contribution < -0.4 is 10.9 Å². The predicted octanol–water partition coefficient (Wildman–Crippen LogP) is 4.06. The monoisotopic (exact) mass is 488 g/mol. The SMILES string of the molecule is O=c1[nH]c(=S)n(CCc2cnc[nH]2)c2c1C(C(F)(F)F)(C(F)(F)F)N=C(c1ccccc1)N2. The summed E-state index contributed by atoms with van der Waals surface area (Å²) in [7, 11) is 0. The van der Waals surface area contributed by atoms with Crippen LogP contribution in [0.5, 0.6) is 0 Å². The van der Waals surface area contributed by atoms with E-state index in [0.717, 1.165) is 4.57 Å². The first-order valence-electron chi connectivity index (χ1n) is 9.36. The minimum atomic E-state index is -5.99. The lowest BCUT2D eigenvalue weighted by Crippen LogP contribution is -2.58. The van der Waals surface area contributed by atoms with Crippen molar-refractivity contribution in [2.45, 2.75) is 30.9 Å². The normalized spacial score (nSPS) is 15.5. The molecule has 0 saturated heterocycles. The minimum absolute atomic E-state index is 0.0349. The number of nitrogens with one attached hydrogen (secondary N) is 3. The van der Waals surface area contributed by atoms with Crippen LogP contribution in [-0.2, 0) is 18.5 Å². The summed E-state index contributed by atoms with van der Waals surface area (Å²) >= 11 is 5.08. The Hall–Kier alpha value is -3.42. The summed E-state index contributed by atoms with van der Waals surface area (Å²) in [6.45, 7) is -0.152. The van der Waals surface area contributed by atoms with Gasteiger partial charge in [0.1, 0.15) is 17.2 Å². The number of benzene rings is 1. The minimum Gasteiger partial charge on any atom is -0.348 e. The maximum Gasteiger partial charge on any atom is 0.427 e. The van der Waals surface area contributed by atoms with Gasteiger partial charge >= 0.3 is 12.4 Å². The average molecular weight is 488 g/mol. The number of amidine groups is 1. The van der Waals surface area contributed by atoms with Gasteiger partial charge in [0.05, 0.1) is 6.33 Å². The van der Waals surface area contributed by atoms with Crippen LogP contribution in [0, 0.1) is 4.77 Å². The molecule has 2 aromatic heterocycles. The van der Waals surface area contributed by atoms with Gasteiger partial charge in [-0.25, -0.2) is 9.98 Å². The van der Waals surface area contributed by atoms with Crippen molar-refractivity contribution in [1.82, 2.24) is 19.5 Å². The molecule has 0 bridgehead atoms. The number of anilines is 1. The maximum atomic E-state index is 14.2. The van der Waals surface area contributed by atoms with Crippen LogP contribution in [0.1, 0.15) is 16.8 Å². The highest BCUT2D eigenvalue weighted by Crippen LogP contribution is 2.55. The third-order valence-corrected chi connectivity index (χ3v) is 5.43. The summed E-state index contributed by atoms with van der Waals surface area (Å²) in [4.78, 5) is 24.2. The van der Waals surface area contributed by atoms with E-state index in [9.17, 15) is 31.1 Å². The van der Waals surface area contributed by atoms with Gasteiger partial charge in [0.25, 0.3) is 11.1 Å². The first-order chi connectivity index (χ1) is 15.5. The molecule has 0 spiro atoms. The first kappa shape index (κ1) is 22.8. The highest BCUT2D eigenvalue weighted by atomic mass is 32.1. The Morgan fingerprint density at radius 1 is 1.06 bits per heavy atom. The van der Waals surface area contributed by atoms with Crippen molar-refractivity contribution in [1.29, 1.82) is 0 Å². The Labute approximate surface area is 186 Å². The molecule has 14 heteroatoms. The Morgan fingerprint density at radius 3 is 2.30 bits per heavy atom. The number of nitrogens with zero attached hydrogens (tertiary/aromatic N) is 3. The number of aromatic amines is 2. The highest BCUT2D eigenvalue weighted by Gasteiger charge is 2.75. The lowest BCUT2D eigenvalue weighted by Gasteiger charge is -2.39. The number of rotatable bonds is 4. The Morgan fingerprint density at radius 2 is 1.73 bits per heavy atom. The van der Waals surface area contributed by atoms with Crippen LogP contribution in [-0.4, -0.2) is 37.7 Å². The molecule has 1 aromatic carbocycles. The largest absolute Gasteiger partial charge is 0.427 e. The molecule has 3 aromatic rings. The van der Waals surface area contributed by atoms with Gasteiger partial charge < -0.3 is 14.9 Å². The van der Waals surface area contributed by atoms with Gasteiger partial charge in [-0.05, 0) is 12.2 Å². The van der Waals surface area contributed by atoms with E-state index in [-0.39, 0.29) is 23.3 Å². The molecule has 33 heavy (non-hydrogen) atoms. The van der Waals surface area contributed by atoms with Gasteiger partial charge in [0.15, 0.2) is 4.77 Å². The van der Waals surface area contributed by atoms with E-state index in [1.807, 2.05) is 4.98 Å². The summed E-state index contributed by atoms with van der Waals surface area (Å²) in [6, 6.07) is 7.00. The third-order valence-electron chi connectivity index (χ3n) is 5.10. The lowest BCUT2D eigenvalue weighted by atomic mass is 9.87. The molecule has 0 atom stereocenters. The van der Waals surface area contributed by atoms with Gasteiger partial charge in [0, 0.05) is 30.4 Å². The van der Waals surface area contributed by atoms with Crippen molar-refractivity contribution in [2.75, 3.05) is 5.32 Å². The molecule has 0 amide bonds. The summed E-state index contributed by atoms with van der Waals surface area (Å²) in [5.74, 6) is -1.43. The summed E-state index contributed by atoms with van der Waals surface area (Å²) < 4.78 is 86.0. The van der Waals surface area contributed by atoms with Gasteiger partial charge in [-0.15, -0.1) is 0 Å². The second-order valence-corrected chi connectivity index (χ2v) is 7.51. The van der Waals surface area contributed by atoms with Gasteiger partial charge in [-0.1, -0.05) is 30.3 Å². The van der Waals surface area contributed by atoms with Crippen LogP contribution in [0.15, 0.2) is 52.6 Å². The molecule has 3 heterocycles. The Kier molecular flexibility index (Phi) is 5.42. The standard InChI is InChI=1S/C19H14F6N6OS/c20-18(21,22)17(19(23,24)25)12-14(28-13(30-17)10-4-2-1-3-5-10)31(16(33)29-15(12)32)7-6-11-8-26-9-27-11/h1-5,8-9H,6-7H2,(H,26,27)(H,28,30)(H,29,32,33). The first-order valence-corrected chi connectivity index (χ1v) is 9.77. The zero-order valence-electron chi connectivity index (χ0n) is 16.4. The fraction of sp³-hybridized carbons (Fsp3) is 0.263. The molecule has 0 aliphatic carbocycles. The quantitative estimate of drug-likeness (QED) is 0.382. The van der Waals surface area contributed by atoms with Crippen LogP contribution in [0.25, 0.3) is 0 Å². The van der Waals surface area contributed by atoms with E-state index in [1.54, 1.807) is 0 Å². The van der Waals surface area contributed by atoms with Crippen LogP contribution in [0.4, 0.5) is 32.2 Å². The van der Waals surface area contributed by atoms with E-state index in [0.29, 0.717) is 5.69 Å². The molecule has 4 rings (SSSR count). The molecular formula is C19H14F6N6OS. The molecule has 174 valence electrons. The molecule has 3 N–H and O–H groups in total. The average Bonchev–Trinajstić information content (AvgIpc) is 3.25. The lowest BCUT2D eigenvalue weighted by molar-refractivity contribution is -0.301. The molecule has 0 unspecified atom stereocenters. The Balaban J connectivity index is 2.03. The molecule has 0 fully saturated rings. The third kappa shape index (κ3) is 3.73. The topological polar surface area (TPSA) is 90.9 Å². The number of aliphatic imine (C=N–C) groups is 1. The zero-order chi connectivity index (χ0) is 24.0. The maximum absolute atomic E-state index is 14.2. The van der Waals surface area contributed by atoms with Crippen molar-refractivity contribution in [3.8, 4) is 0 Å². The van der Waals surface area contributed by atoms with Gasteiger partial charge in [-0.3, -0.25) is 9.78 Å². The molecular weight excluding hydrogens is 474 g/mol. The fourth-order valence-corrected chi connectivity index (χ4v) is 3.85. The van der Waals surface area contributed by atoms with Crippen molar-refractivity contribution in [3.05, 3.63) is 74.8 Å². The van der Waals surface area contributed by atoms with Crippen molar-refractivity contribution < 1.29 is 26.3 Å². The van der Waals surface area contributed by atoms with Crippen molar-refractivity contribution >= 4 is 23.9 Å². The number of halogens is 6. The summed E-state index contributed by atoms with van der Waals surface area (Å²) in [5, 5.41) is 2.49. The van der Waals surface area contributed by atoms with Crippen LogP contribution in [0.2, 0.25) is 0 Å². The van der Waals surface area contributed by atoms with E-state index in [4.69, 9.17) is 12.2 Å². The number of H-pyrrole nitrogens is 2. The summed E-state index contributed by atoms with van der Waals surface area (Å²) in [6.07, 6.45) is -9.02. The second-order valence-electron chi connectivity index (χ2n) is 7.12. The molecule has 1 aliphatic heterocycles. The second kappa shape index (κ2) is 7.86. The van der Waals surface area contributed by atoms with Crippen LogP contribution >= 0.6 is 12.2 Å². The number of imidazole rings is 1. The number of hydrogen-bond donors (Lipinski definition) is 3. The van der Waals surface area contributed by atoms with Crippen LogP contribution in [0.3, 0.4) is 0 Å². The van der Waals surface area contributed by atoms with E-state index in [2.05, 4.69) is 20.3 Å². The number of aromatic nitrogens is 4. The number of hydrogen-bond acceptors (Lipinski definition) is 5. The fourth-order valence-electron chi connectivity index (χ4n) is 3.57. The molecule has 0 saturated carbocycles. The molecule has 1 aliphatic rings. The highest BCUT2D eigenvalue weighted by molar-refractivity contribution is 7.71. The van der Waals surface area contributed by atoms with Gasteiger partial charge in [0.2, 0.25) is 0 Å². The molecule has 7 nitrogen and oxygen atoms in total. The smallest absolute Gasteiger partial charge is 0.348 e. The number of alkyl halides is 6. The van der Waals surface area contributed by atoms with E-state index < -0.39 is 40.7 Å². The Bertz CT molecular complexity index is 1290. The van der Waals surface area contributed by atoms with Gasteiger partial charge in [-0.2, -0.15) is 26.3 Å². The molecule has 0 radical (unpaired) electrons. The van der Waals surface area contributed by atoms with Crippen molar-refractivity contribution in [3.63, 3.8) is 0 Å². The van der Waals surface area contributed by atoms with E-state index in [1.165, 1.54) is 42.9 Å². The number of fused-ring (bicyclic) bond motifs is 1. The summed E-state index contributed by atoms with van der Waals surface area (Å²) in [5.41, 5.74) is -7.54. The zero-order valence-corrected chi connectivity index (χ0v) is 17.2. The van der Waals surface area contributed by atoms with Crippen molar-refractivity contribution in [2.24, 2.45) is 4.99 Å². The van der Waals surface area contributed by atoms with E-state index >= 15 is 0 Å². The predicted molar refractivity (Wildman–Crippen MR) is 109 cm³/mol.